The fourth-order valence-electron chi connectivity index (χ4n) is 2.27. The molecule has 10 heteroatoms. The number of nitrogens with one attached hydrogen (secondary N) is 1. The van der Waals surface area contributed by atoms with Gasteiger partial charge in [0.1, 0.15) is 30.0 Å². The molecule has 3 rings (SSSR count). The van der Waals surface area contributed by atoms with Gasteiger partial charge in [-0.15, -0.1) is 16.7 Å². The molecule has 120 valence electrons. The van der Waals surface area contributed by atoms with Crippen molar-refractivity contribution in [3.8, 4) is 5.75 Å². The Morgan fingerprint density at radius 3 is 2.74 bits per heavy atom. The zero-order valence-electron chi connectivity index (χ0n) is 12.1. The van der Waals surface area contributed by atoms with E-state index in [1.807, 2.05) is 0 Å². The molecule has 0 saturated carbocycles. The Labute approximate surface area is 136 Å². The molecule has 1 aromatic carbocycles. The SMILES string of the molecule is COc1ccc(C2C(Cl)C(=O)N2NC(=O)Cn2cnnn2)cc1. The minimum Gasteiger partial charge on any atom is -0.497 e. The molecule has 2 atom stereocenters. The molecule has 1 N–H and O–H groups in total. The number of aromatic nitrogens is 4. The fraction of sp³-hybridized carbons (Fsp3) is 0.308. The number of halogens is 1. The Morgan fingerprint density at radius 2 is 2.13 bits per heavy atom. The van der Waals surface area contributed by atoms with E-state index in [0.29, 0.717) is 5.75 Å². The van der Waals surface area contributed by atoms with E-state index in [-0.39, 0.29) is 12.5 Å². The van der Waals surface area contributed by atoms with Crippen LogP contribution >= 0.6 is 11.6 Å². The second-order valence-electron chi connectivity index (χ2n) is 4.87. The minimum atomic E-state index is -0.725. The first kappa shape index (κ1) is 15.2. The van der Waals surface area contributed by atoms with Gasteiger partial charge in [-0.2, -0.15) is 0 Å². The van der Waals surface area contributed by atoms with Crippen LogP contribution < -0.4 is 10.2 Å². The molecule has 1 aliphatic heterocycles. The number of amides is 2. The third-order valence-corrected chi connectivity index (χ3v) is 3.85. The predicted molar refractivity (Wildman–Crippen MR) is 78.2 cm³/mol. The Hall–Kier alpha value is -2.68. The van der Waals surface area contributed by atoms with Gasteiger partial charge in [0.2, 0.25) is 0 Å². The molecule has 1 saturated heterocycles. The molecule has 2 aromatic rings. The Morgan fingerprint density at radius 1 is 1.39 bits per heavy atom. The highest BCUT2D eigenvalue weighted by molar-refractivity contribution is 6.33. The molecular formula is C13H13ClN6O3. The molecule has 0 aliphatic carbocycles. The van der Waals surface area contributed by atoms with Gasteiger partial charge in [0, 0.05) is 0 Å². The van der Waals surface area contributed by atoms with Gasteiger partial charge in [0.25, 0.3) is 11.8 Å². The first-order valence-corrected chi connectivity index (χ1v) is 7.15. The molecule has 1 aliphatic rings. The number of carbonyl (C=O) groups excluding carboxylic acids is 2. The number of rotatable bonds is 5. The minimum absolute atomic E-state index is 0.0981. The average molecular weight is 337 g/mol. The van der Waals surface area contributed by atoms with Crippen LogP contribution in [0.4, 0.5) is 0 Å². The van der Waals surface area contributed by atoms with Gasteiger partial charge in [-0.05, 0) is 28.1 Å². The molecule has 23 heavy (non-hydrogen) atoms. The number of hydrogen-bond donors (Lipinski definition) is 1. The van der Waals surface area contributed by atoms with Crippen molar-refractivity contribution in [1.82, 2.24) is 30.6 Å². The molecule has 2 unspecified atom stereocenters. The summed E-state index contributed by atoms with van der Waals surface area (Å²) in [6.07, 6.45) is 1.31. The first-order chi connectivity index (χ1) is 11.1. The molecule has 2 heterocycles. The molecule has 1 fully saturated rings. The largest absolute Gasteiger partial charge is 0.497 e. The van der Waals surface area contributed by atoms with Gasteiger partial charge in [-0.25, -0.2) is 9.69 Å². The number of nitrogens with zero attached hydrogens (tertiary/aromatic N) is 5. The molecule has 0 spiro atoms. The molecule has 2 amide bonds. The summed E-state index contributed by atoms with van der Waals surface area (Å²) in [7, 11) is 1.57. The maximum absolute atomic E-state index is 12.0. The lowest BCUT2D eigenvalue weighted by atomic mass is 9.95. The van der Waals surface area contributed by atoms with Gasteiger partial charge >= 0.3 is 0 Å². The van der Waals surface area contributed by atoms with E-state index in [9.17, 15) is 9.59 Å². The van der Waals surface area contributed by atoms with Crippen molar-refractivity contribution in [2.75, 3.05) is 7.11 Å². The summed E-state index contributed by atoms with van der Waals surface area (Å²) in [6, 6.07) is 6.69. The highest BCUT2D eigenvalue weighted by Gasteiger charge is 2.48. The maximum atomic E-state index is 12.0. The van der Waals surface area contributed by atoms with Crippen LogP contribution in [0.1, 0.15) is 11.6 Å². The van der Waals surface area contributed by atoms with Gasteiger partial charge in [0.15, 0.2) is 0 Å². The zero-order valence-corrected chi connectivity index (χ0v) is 12.8. The van der Waals surface area contributed by atoms with Gasteiger partial charge < -0.3 is 4.74 Å². The van der Waals surface area contributed by atoms with Crippen molar-refractivity contribution in [2.24, 2.45) is 0 Å². The molecule has 1 aromatic heterocycles. The third kappa shape index (κ3) is 2.95. The van der Waals surface area contributed by atoms with E-state index in [0.717, 1.165) is 5.56 Å². The second kappa shape index (κ2) is 6.21. The van der Waals surface area contributed by atoms with Gasteiger partial charge in [-0.1, -0.05) is 12.1 Å². The lowest BCUT2D eigenvalue weighted by molar-refractivity contribution is -0.156. The third-order valence-electron chi connectivity index (χ3n) is 3.43. The molecule has 0 bridgehead atoms. The van der Waals surface area contributed by atoms with Crippen molar-refractivity contribution in [2.45, 2.75) is 18.0 Å². The standard InChI is InChI=1S/C13H13ClN6O3/c1-23-9-4-2-8(3-5-9)12-11(14)13(22)20(12)16-10(21)6-19-7-15-17-18-19/h2-5,7,11-12H,6H2,1H3,(H,16,21). The van der Waals surface area contributed by atoms with Crippen molar-refractivity contribution in [1.29, 1.82) is 0 Å². The highest BCUT2D eigenvalue weighted by Crippen LogP contribution is 2.37. The normalized spacial score (nSPS) is 20.1. The molecule has 9 nitrogen and oxygen atoms in total. The summed E-state index contributed by atoms with van der Waals surface area (Å²) in [5, 5.41) is 10.9. The van der Waals surface area contributed by atoms with Crippen molar-refractivity contribution >= 4 is 23.4 Å². The first-order valence-electron chi connectivity index (χ1n) is 6.71. The van der Waals surface area contributed by atoms with Crippen LogP contribution in [-0.2, 0) is 16.1 Å². The quantitative estimate of drug-likeness (QED) is 0.604. The van der Waals surface area contributed by atoms with Crippen LogP contribution in [0.3, 0.4) is 0 Å². The van der Waals surface area contributed by atoms with Crippen molar-refractivity contribution < 1.29 is 14.3 Å². The summed E-state index contributed by atoms with van der Waals surface area (Å²) in [4.78, 5) is 23.9. The Balaban J connectivity index is 1.69. The van der Waals surface area contributed by atoms with Crippen LogP contribution in [0.25, 0.3) is 0 Å². The van der Waals surface area contributed by atoms with E-state index >= 15 is 0 Å². The summed E-state index contributed by atoms with van der Waals surface area (Å²) in [5.41, 5.74) is 3.32. The average Bonchev–Trinajstić information content (AvgIpc) is 3.07. The summed E-state index contributed by atoms with van der Waals surface area (Å²) < 4.78 is 6.34. The number of hydrazine groups is 1. The van der Waals surface area contributed by atoms with Crippen molar-refractivity contribution in [3.05, 3.63) is 36.2 Å². The van der Waals surface area contributed by atoms with Crippen LogP contribution in [0.15, 0.2) is 30.6 Å². The Kier molecular flexibility index (Phi) is 4.11. The molecule has 0 radical (unpaired) electrons. The zero-order chi connectivity index (χ0) is 16.4. The van der Waals surface area contributed by atoms with Crippen molar-refractivity contribution in [3.63, 3.8) is 0 Å². The highest BCUT2D eigenvalue weighted by atomic mass is 35.5. The van der Waals surface area contributed by atoms with E-state index in [1.165, 1.54) is 16.0 Å². The topological polar surface area (TPSA) is 102 Å². The lowest BCUT2D eigenvalue weighted by Gasteiger charge is -2.43. The molecular weight excluding hydrogens is 324 g/mol. The number of methoxy groups -OCH3 is 1. The fourth-order valence-corrected chi connectivity index (χ4v) is 2.63. The Bertz CT molecular complexity index is 705. The predicted octanol–water partition coefficient (Wildman–Crippen LogP) is -0.0962. The van der Waals surface area contributed by atoms with E-state index in [2.05, 4.69) is 21.0 Å². The van der Waals surface area contributed by atoms with E-state index in [1.54, 1.807) is 31.4 Å². The number of carbonyl (C=O) groups is 2. The smallest absolute Gasteiger partial charge is 0.262 e. The number of β-lactam (4-membered cyclic amide) rings is 1. The van der Waals surface area contributed by atoms with E-state index < -0.39 is 17.3 Å². The second-order valence-corrected chi connectivity index (χ2v) is 5.34. The maximum Gasteiger partial charge on any atom is 0.262 e. The van der Waals surface area contributed by atoms with Crippen LogP contribution in [0, 0.1) is 0 Å². The van der Waals surface area contributed by atoms with Crippen LogP contribution in [0.5, 0.6) is 5.75 Å². The van der Waals surface area contributed by atoms with Gasteiger partial charge in [0.05, 0.1) is 7.11 Å². The van der Waals surface area contributed by atoms with Crippen LogP contribution in [0.2, 0.25) is 0 Å². The summed E-state index contributed by atoms with van der Waals surface area (Å²) >= 11 is 6.08. The number of tetrazole rings is 1. The number of ether oxygens (including phenoxy) is 1. The summed E-state index contributed by atoms with van der Waals surface area (Å²) in [5.74, 6) is -0.0925. The number of alkyl halides is 1. The van der Waals surface area contributed by atoms with E-state index in [4.69, 9.17) is 16.3 Å². The number of benzene rings is 1. The van der Waals surface area contributed by atoms with Crippen LogP contribution in [-0.4, -0.2) is 49.5 Å². The number of hydrogen-bond acceptors (Lipinski definition) is 6. The monoisotopic (exact) mass is 336 g/mol. The summed E-state index contributed by atoms with van der Waals surface area (Å²) in [6.45, 7) is -0.0981. The lowest BCUT2D eigenvalue weighted by Crippen LogP contribution is -2.63. The van der Waals surface area contributed by atoms with Gasteiger partial charge in [-0.3, -0.25) is 15.0 Å².